The van der Waals surface area contributed by atoms with Gasteiger partial charge < -0.3 is 10.6 Å². The first-order valence-corrected chi connectivity index (χ1v) is 11.8. The average molecular weight is 432 g/mol. The molecule has 1 saturated carbocycles. The van der Waals surface area contributed by atoms with Crippen LogP contribution in [0.2, 0.25) is 5.02 Å². The van der Waals surface area contributed by atoms with Crippen molar-refractivity contribution in [2.75, 3.05) is 18.9 Å². The van der Waals surface area contributed by atoms with Gasteiger partial charge in [0, 0.05) is 17.5 Å². The van der Waals surface area contributed by atoms with E-state index in [0.717, 1.165) is 41.9 Å². The molecule has 0 saturated heterocycles. The summed E-state index contributed by atoms with van der Waals surface area (Å²) in [6, 6.07) is 7.60. The summed E-state index contributed by atoms with van der Waals surface area (Å²) in [5, 5.41) is 7.62. The van der Waals surface area contributed by atoms with Crippen LogP contribution in [0.15, 0.2) is 24.3 Å². The van der Waals surface area contributed by atoms with Crippen LogP contribution >= 0.6 is 11.6 Å². The second-order valence-electron chi connectivity index (χ2n) is 8.65. The fourth-order valence-corrected chi connectivity index (χ4v) is 4.41. The van der Waals surface area contributed by atoms with Crippen LogP contribution in [-0.2, 0) is 4.79 Å². The van der Waals surface area contributed by atoms with Crippen LogP contribution < -0.4 is 10.6 Å². The fourth-order valence-electron chi connectivity index (χ4n) is 4.19. The standard InChI is InChI=1S/C18H21ClN2O.C7H17N/c1-12-7-8-14-16(20-12)10-9-15(19)18(14)21-17(22)11-13-5-3-2-4-6-13;1-4-5-7(2)6-8-3/h7-10,13H,2-6,11H2,1H3,(H,21,22);7-8H,4-6H2,1-3H3. The van der Waals surface area contributed by atoms with E-state index in [-0.39, 0.29) is 5.91 Å². The summed E-state index contributed by atoms with van der Waals surface area (Å²) in [5.74, 6) is 1.43. The van der Waals surface area contributed by atoms with Gasteiger partial charge in [0.1, 0.15) is 0 Å². The Hall–Kier alpha value is -1.65. The third-order valence-electron chi connectivity index (χ3n) is 5.76. The van der Waals surface area contributed by atoms with E-state index in [1.165, 1.54) is 32.1 Å². The summed E-state index contributed by atoms with van der Waals surface area (Å²) in [5.41, 5.74) is 2.50. The van der Waals surface area contributed by atoms with Crippen molar-refractivity contribution in [3.63, 3.8) is 0 Å². The molecule has 1 amide bonds. The fraction of sp³-hybridized carbons (Fsp3) is 0.600. The molecule has 1 unspecified atom stereocenters. The predicted molar refractivity (Wildman–Crippen MR) is 129 cm³/mol. The molecule has 0 spiro atoms. The minimum absolute atomic E-state index is 0.0573. The molecule has 0 bridgehead atoms. The molecule has 5 heteroatoms. The Bertz CT molecular complexity index is 796. The second-order valence-corrected chi connectivity index (χ2v) is 9.06. The zero-order chi connectivity index (χ0) is 21.9. The summed E-state index contributed by atoms with van der Waals surface area (Å²) in [4.78, 5) is 16.8. The molecule has 1 aromatic carbocycles. The third kappa shape index (κ3) is 7.88. The number of hydrogen-bond acceptors (Lipinski definition) is 3. The van der Waals surface area contributed by atoms with Gasteiger partial charge in [-0.05, 0) is 75.9 Å². The topological polar surface area (TPSA) is 54.0 Å². The molecule has 1 aliphatic carbocycles. The average Bonchev–Trinajstić information content (AvgIpc) is 2.72. The minimum Gasteiger partial charge on any atom is -0.324 e. The van der Waals surface area contributed by atoms with Crippen LogP contribution in [0.25, 0.3) is 10.9 Å². The number of nitrogens with one attached hydrogen (secondary N) is 2. The van der Waals surface area contributed by atoms with Gasteiger partial charge in [0.2, 0.25) is 5.91 Å². The van der Waals surface area contributed by atoms with Gasteiger partial charge in [-0.3, -0.25) is 9.78 Å². The van der Waals surface area contributed by atoms with Gasteiger partial charge in [-0.15, -0.1) is 0 Å². The van der Waals surface area contributed by atoms with Crippen molar-refractivity contribution in [2.45, 2.75) is 72.1 Å². The van der Waals surface area contributed by atoms with Gasteiger partial charge in [0.05, 0.1) is 16.2 Å². The molecule has 1 fully saturated rings. The lowest BCUT2D eigenvalue weighted by Crippen LogP contribution is -2.18. The van der Waals surface area contributed by atoms with E-state index >= 15 is 0 Å². The maximum Gasteiger partial charge on any atom is 0.224 e. The SMILES string of the molecule is CCCC(C)CNC.Cc1ccc2c(NC(=O)CC3CCCCC3)c(Cl)ccc2n1. The van der Waals surface area contributed by atoms with E-state index < -0.39 is 0 Å². The van der Waals surface area contributed by atoms with Gasteiger partial charge in [-0.1, -0.05) is 51.1 Å². The predicted octanol–water partition coefficient (Wildman–Crippen LogP) is 6.75. The maximum absolute atomic E-state index is 12.4. The molecule has 0 aliphatic heterocycles. The monoisotopic (exact) mass is 431 g/mol. The molecule has 1 heterocycles. The van der Waals surface area contributed by atoms with E-state index in [2.05, 4.69) is 29.5 Å². The lowest BCUT2D eigenvalue weighted by atomic mass is 9.87. The number of fused-ring (bicyclic) bond motifs is 1. The molecule has 30 heavy (non-hydrogen) atoms. The highest BCUT2D eigenvalue weighted by Crippen LogP contribution is 2.32. The van der Waals surface area contributed by atoms with Crippen molar-refractivity contribution in [1.29, 1.82) is 0 Å². The van der Waals surface area contributed by atoms with Crippen molar-refractivity contribution in [2.24, 2.45) is 11.8 Å². The number of benzene rings is 1. The number of pyridine rings is 1. The Labute approximate surface area is 187 Å². The zero-order valence-electron chi connectivity index (χ0n) is 19.1. The molecular formula is C25H38ClN3O. The number of aromatic nitrogens is 1. The largest absolute Gasteiger partial charge is 0.324 e. The highest BCUT2D eigenvalue weighted by molar-refractivity contribution is 6.35. The molecule has 1 atom stereocenters. The van der Waals surface area contributed by atoms with Crippen LogP contribution in [0, 0.1) is 18.8 Å². The van der Waals surface area contributed by atoms with Gasteiger partial charge >= 0.3 is 0 Å². The van der Waals surface area contributed by atoms with Crippen molar-refractivity contribution in [3.8, 4) is 0 Å². The normalized spacial score (nSPS) is 15.4. The molecular weight excluding hydrogens is 394 g/mol. The summed E-state index contributed by atoms with van der Waals surface area (Å²) in [6.45, 7) is 7.62. The molecule has 2 N–H and O–H groups in total. The molecule has 166 valence electrons. The second kappa shape index (κ2) is 12.9. The number of amides is 1. The Morgan fingerprint density at radius 3 is 2.60 bits per heavy atom. The third-order valence-corrected chi connectivity index (χ3v) is 6.07. The molecule has 1 aliphatic rings. The zero-order valence-corrected chi connectivity index (χ0v) is 19.8. The first-order chi connectivity index (χ1) is 14.4. The smallest absolute Gasteiger partial charge is 0.224 e. The Morgan fingerprint density at radius 1 is 1.20 bits per heavy atom. The van der Waals surface area contributed by atoms with E-state index in [4.69, 9.17) is 11.6 Å². The molecule has 4 nitrogen and oxygen atoms in total. The van der Waals surface area contributed by atoms with Crippen LogP contribution in [0.3, 0.4) is 0 Å². The minimum atomic E-state index is 0.0573. The summed E-state index contributed by atoms with van der Waals surface area (Å²) in [6.07, 6.45) is 9.37. The maximum atomic E-state index is 12.4. The summed E-state index contributed by atoms with van der Waals surface area (Å²) >= 11 is 6.29. The number of halogens is 1. The van der Waals surface area contributed by atoms with Crippen LogP contribution in [-0.4, -0.2) is 24.5 Å². The van der Waals surface area contributed by atoms with Gasteiger partial charge in [0.25, 0.3) is 0 Å². The summed E-state index contributed by atoms with van der Waals surface area (Å²) < 4.78 is 0. The quantitative estimate of drug-likeness (QED) is 0.509. The van der Waals surface area contributed by atoms with E-state index in [1.807, 2.05) is 32.2 Å². The number of nitrogens with zero attached hydrogens (tertiary/aromatic N) is 1. The Kier molecular flexibility index (Phi) is 10.6. The number of carbonyl (C=O) groups is 1. The van der Waals surface area contributed by atoms with E-state index in [9.17, 15) is 4.79 Å². The lowest BCUT2D eigenvalue weighted by Gasteiger charge is -2.21. The van der Waals surface area contributed by atoms with Crippen LogP contribution in [0.5, 0.6) is 0 Å². The van der Waals surface area contributed by atoms with Crippen molar-refractivity contribution in [1.82, 2.24) is 10.3 Å². The summed E-state index contributed by atoms with van der Waals surface area (Å²) in [7, 11) is 2.01. The Balaban J connectivity index is 0.000000343. The highest BCUT2D eigenvalue weighted by Gasteiger charge is 2.18. The first-order valence-electron chi connectivity index (χ1n) is 11.4. The number of aryl methyl sites for hydroxylation is 1. The van der Waals surface area contributed by atoms with Gasteiger partial charge in [-0.25, -0.2) is 0 Å². The van der Waals surface area contributed by atoms with Crippen molar-refractivity contribution in [3.05, 3.63) is 35.0 Å². The first kappa shape index (κ1) is 24.6. The van der Waals surface area contributed by atoms with E-state index in [0.29, 0.717) is 23.0 Å². The number of carbonyl (C=O) groups excluding carboxylic acids is 1. The molecule has 3 rings (SSSR count). The van der Waals surface area contributed by atoms with Crippen LogP contribution in [0.4, 0.5) is 5.69 Å². The van der Waals surface area contributed by atoms with Crippen molar-refractivity contribution >= 4 is 34.1 Å². The molecule has 2 aromatic rings. The highest BCUT2D eigenvalue weighted by atomic mass is 35.5. The van der Waals surface area contributed by atoms with Gasteiger partial charge in [-0.2, -0.15) is 0 Å². The number of hydrogen-bond donors (Lipinski definition) is 2. The number of anilines is 1. The lowest BCUT2D eigenvalue weighted by molar-refractivity contribution is -0.117. The van der Waals surface area contributed by atoms with Gasteiger partial charge in [0.15, 0.2) is 0 Å². The van der Waals surface area contributed by atoms with Crippen molar-refractivity contribution < 1.29 is 4.79 Å². The molecule has 0 radical (unpaired) electrons. The number of rotatable bonds is 7. The van der Waals surface area contributed by atoms with Crippen LogP contribution in [0.1, 0.15) is 70.9 Å². The van der Waals surface area contributed by atoms with E-state index in [1.54, 1.807) is 6.07 Å². The molecule has 1 aromatic heterocycles. The Morgan fingerprint density at radius 2 is 1.93 bits per heavy atom.